The van der Waals surface area contributed by atoms with E-state index in [1.165, 1.54) is 29.6 Å². The molecule has 8 heteroatoms. The molecule has 0 aliphatic rings. The molecule has 17 heavy (non-hydrogen) atoms. The molecule has 0 radical (unpaired) electrons. The molecule has 0 aliphatic carbocycles. The summed E-state index contributed by atoms with van der Waals surface area (Å²) in [5.74, 6) is 0. The molecule has 0 spiro atoms. The number of halogens is 1. The molecule has 0 saturated carbocycles. The standard InChI is InChI=1S/C9H6BrN5O2/c10-8-2-1-7(3-9(8)15(16)17)4-13-14-5-11-12-6-14/h1-6H/b13-4+. The topological polar surface area (TPSA) is 86.2 Å². The van der Waals surface area contributed by atoms with Crippen molar-refractivity contribution in [1.82, 2.24) is 14.9 Å². The largest absolute Gasteiger partial charge is 0.284 e. The van der Waals surface area contributed by atoms with E-state index in [9.17, 15) is 10.1 Å². The molecule has 7 nitrogen and oxygen atoms in total. The van der Waals surface area contributed by atoms with Crippen molar-refractivity contribution in [1.29, 1.82) is 0 Å². The van der Waals surface area contributed by atoms with Crippen molar-refractivity contribution in [2.75, 3.05) is 0 Å². The van der Waals surface area contributed by atoms with Crippen LogP contribution < -0.4 is 0 Å². The van der Waals surface area contributed by atoms with Gasteiger partial charge in [0, 0.05) is 11.6 Å². The van der Waals surface area contributed by atoms with Gasteiger partial charge in [0.2, 0.25) is 0 Å². The lowest BCUT2D eigenvalue weighted by Crippen LogP contribution is -1.92. The van der Waals surface area contributed by atoms with Crippen molar-refractivity contribution in [2.45, 2.75) is 0 Å². The normalized spacial score (nSPS) is 10.9. The maximum atomic E-state index is 10.7. The first-order valence-electron chi connectivity index (χ1n) is 4.50. The van der Waals surface area contributed by atoms with E-state index < -0.39 is 4.92 Å². The Morgan fingerprint density at radius 2 is 2.12 bits per heavy atom. The Kier molecular flexibility index (Phi) is 3.24. The van der Waals surface area contributed by atoms with E-state index in [0.717, 1.165) is 0 Å². The van der Waals surface area contributed by atoms with Gasteiger partial charge in [0.1, 0.15) is 12.7 Å². The van der Waals surface area contributed by atoms with Crippen LogP contribution in [-0.4, -0.2) is 26.0 Å². The molecule has 0 saturated heterocycles. The third-order valence-corrected chi connectivity index (χ3v) is 2.58. The lowest BCUT2D eigenvalue weighted by molar-refractivity contribution is -0.385. The van der Waals surface area contributed by atoms with Crippen molar-refractivity contribution < 1.29 is 4.92 Å². The number of benzene rings is 1. The molecular formula is C9H6BrN5O2. The summed E-state index contributed by atoms with van der Waals surface area (Å²) in [6, 6.07) is 4.74. The molecule has 1 aromatic heterocycles. The zero-order chi connectivity index (χ0) is 12.3. The highest BCUT2D eigenvalue weighted by molar-refractivity contribution is 9.10. The smallest absolute Gasteiger partial charge is 0.258 e. The van der Waals surface area contributed by atoms with Crippen LogP contribution in [0.5, 0.6) is 0 Å². The zero-order valence-corrected chi connectivity index (χ0v) is 9.98. The van der Waals surface area contributed by atoms with Crippen molar-refractivity contribution in [3.8, 4) is 0 Å². The molecular weight excluding hydrogens is 290 g/mol. The number of nitrogens with zero attached hydrogens (tertiary/aromatic N) is 5. The van der Waals surface area contributed by atoms with E-state index in [2.05, 4.69) is 31.2 Å². The van der Waals surface area contributed by atoms with Crippen LogP contribution in [0.2, 0.25) is 0 Å². The van der Waals surface area contributed by atoms with Gasteiger partial charge < -0.3 is 0 Å². The molecule has 1 heterocycles. The van der Waals surface area contributed by atoms with Crippen LogP contribution in [0.4, 0.5) is 5.69 Å². The van der Waals surface area contributed by atoms with E-state index in [4.69, 9.17) is 0 Å². The number of aromatic nitrogens is 3. The highest BCUT2D eigenvalue weighted by Crippen LogP contribution is 2.24. The van der Waals surface area contributed by atoms with E-state index >= 15 is 0 Å². The number of nitro groups is 1. The van der Waals surface area contributed by atoms with Gasteiger partial charge in [-0.1, -0.05) is 6.07 Å². The van der Waals surface area contributed by atoms with Crippen molar-refractivity contribution in [3.63, 3.8) is 0 Å². The molecule has 2 rings (SSSR count). The summed E-state index contributed by atoms with van der Waals surface area (Å²) in [7, 11) is 0. The SMILES string of the molecule is O=[N+]([O-])c1cc(/C=N/n2cnnc2)ccc1Br. The predicted molar refractivity (Wildman–Crippen MR) is 63.8 cm³/mol. The molecule has 0 unspecified atom stereocenters. The lowest BCUT2D eigenvalue weighted by atomic mass is 10.2. The number of hydrogen-bond acceptors (Lipinski definition) is 5. The zero-order valence-electron chi connectivity index (χ0n) is 8.39. The Morgan fingerprint density at radius 3 is 2.76 bits per heavy atom. The summed E-state index contributed by atoms with van der Waals surface area (Å²) < 4.78 is 1.83. The van der Waals surface area contributed by atoms with Crippen LogP contribution in [0.15, 0.2) is 40.4 Å². The Bertz CT molecular complexity index is 567. The fourth-order valence-corrected chi connectivity index (χ4v) is 1.53. The molecule has 0 N–H and O–H groups in total. The average Bonchev–Trinajstić information content (AvgIpc) is 2.80. The fraction of sp³-hybridized carbons (Fsp3) is 0. The minimum Gasteiger partial charge on any atom is -0.258 e. The summed E-state index contributed by atoms with van der Waals surface area (Å²) in [4.78, 5) is 10.3. The van der Waals surface area contributed by atoms with E-state index in [1.54, 1.807) is 12.1 Å². The predicted octanol–water partition coefficient (Wildman–Crippen LogP) is 1.83. The van der Waals surface area contributed by atoms with E-state index in [0.29, 0.717) is 10.0 Å². The Morgan fingerprint density at radius 1 is 1.41 bits per heavy atom. The van der Waals surface area contributed by atoms with Gasteiger partial charge in [-0.05, 0) is 22.0 Å². The van der Waals surface area contributed by atoms with Gasteiger partial charge >= 0.3 is 0 Å². The molecule has 86 valence electrons. The van der Waals surface area contributed by atoms with Gasteiger partial charge in [-0.15, -0.1) is 10.2 Å². The van der Waals surface area contributed by atoms with Gasteiger partial charge in [0.05, 0.1) is 15.6 Å². The number of rotatable bonds is 3. The number of hydrogen-bond donors (Lipinski definition) is 0. The minimum atomic E-state index is -0.458. The van der Waals surface area contributed by atoms with Crippen molar-refractivity contribution in [3.05, 3.63) is 51.0 Å². The van der Waals surface area contributed by atoms with Gasteiger partial charge in [-0.25, -0.2) is 4.68 Å². The average molecular weight is 296 g/mol. The van der Waals surface area contributed by atoms with Gasteiger partial charge in [-0.3, -0.25) is 10.1 Å². The molecule has 0 bridgehead atoms. The Balaban J connectivity index is 2.28. The molecule has 0 aliphatic heterocycles. The third kappa shape index (κ3) is 2.72. The highest BCUT2D eigenvalue weighted by Gasteiger charge is 2.11. The quantitative estimate of drug-likeness (QED) is 0.491. The summed E-state index contributed by atoms with van der Waals surface area (Å²) in [6.07, 6.45) is 4.33. The molecule has 0 atom stereocenters. The first-order valence-corrected chi connectivity index (χ1v) is 5.29. The summed E-state index contributed by atoms with van der Waals surface area (Å²) in [5.41, 5.74) is 0.617. The third-order valence-electron chi connectivity index (χ3n) is 1.91. The monoisotopic (exact) mass is 295 g/mol. The van der Waals surface area contributed by atoms with Crippen LogP contribution in [0.3, 0.4) is 0 Å². The van der Waals surface area contributed by atoms with E-state index in [1.807, 2.05) is 0 Å². The van der Waals surface area contributed by atoms with Crippen molar-refractivity contribution >= 4 is 27.8 Å². The second-order valence-electron chi connectivity index (χ2n) is 3.05. The summed E-state index contributed by atoms with van der Waals surface area (Å²) >= 11 is 3.11. The minimum absolute atomic E-state index is 0.00212. The van der Waals surface area contributed by atoms with Crippen LogP contribution in [0.1, 0.15) is 5.56 Å². The molecule has 0 amide bonds. The Labute approximate surface area is 104 Å². The fourth-order valence-electron chi connectivity index (χ4n) is 1.14. The molecule has 0 fully saturated rings. The van der Waals surface area contributed by atoms with Crippen LogP contribution >= 0.6 is 15.9 Å². The maximum absolute atomic E-state index is 10.7. The maximum Gasteiger partial charge on any atom is 0.284 e. The Hall–Kier alpha value is -2.09. The van der Waals surface area contributed by atoms with Crippen LogP contribution in [-0.2, 0) is 0 Å². The van der Waals surface area contributed by atoms with Gasteiger partial charge in [0.25, 0.3) is 5.69 Å². The van der Waals surface area contributed by atoms with Gasteiger partial charge in [-0.2, -0.15) is 5.10 Å². The second-order valence-corrected chi connectivity index (χ2v) is 3.91. The lowest BCUT2D eigenvalue weighted by Gasteiger charge is -1.97. The van der Waals surface area contributed by atoms with E-state index in [-0.39, 0.29) is 5.69 Å². The highest BCUT2D eigenvalue weighted by atomic mass is 79.9. The first-order chi connectivity index (χ1) is 8.16. The summed E-state index contributed by atoms with van der Waals surface area (Å²) in [6.45, 7) is 0. The first kappa shape index (κ1) is 11.4. The summed E-state index contributed by atoms with van der Waals surface area (Å²) in [5, 5.41) is 21.9. The van der Waals surface area contributed by atoms with Crippen LogP contribution in [0.25, 0.3) is 0 Å². The number of nitro benzene ring substituents is 1. The van der Waals surface area contributed by atoms with Crippen molar-refractivity contribution in [2.24, 2.45) is 5.10 Å². The second kappa shape index (κ2) is 4.83. The van der Waals surface area contributed by atoms with Crippen LogP contribution in [0, 0.1) is 10.1 Å². The molecule has 1 aromatic carbocycles. The van der Waals surface area contributed by atoms with Gasteiger partial charge in [0.15, 0.2) is 0 Å². The molecule has 2 aromatic rings.